The molecule has 3 aromatic carbocycles. The number of methoxy groups -OCH3 is 1. The number of aromatic nitrogens is 1. The third-order valence-electron chi connectivity index (χ3n) is 7.30. The Morgan fingerprint density at radius 1 is 1.00 bits per heavy atom. The van der Waals surface area contributed by atoms with Gasteiger partial charge in [-0.2, -0.15) is 0 Å². The van der Waals surface area contributed by atoms with E-state index in [9.17, 15) is 14.4 Å². The Morgan fingerprint density at radius 3 is 2.48 bits per heavy atom. The van der Waals surface area contributed by atoms with E-state index in [1.165, 1.54) is 4.57 Å². The summed E-state index contributed by atoms with van der Waals surface area (Å²) in [5.74, 6) is -0.216. The van der Waals surface area contributed by atoms with Crippen molar-refractivity contribution < 1.29 is 19.1 Å². The second kappa shape index (κ2) is 10.9. The molecular weight excluding hydrogens is 550 g/mol. The van der Waals surface area contributed by atoms with E-state index in [2.05, 4.69) is 4.99 Å². The fraction of sp³-hybridized carbons (Fsp3) is 0.212. The highest BCUT2D eigenvalue weighted by Gasteiger charge is 2.37. The van der Waals surface area contributed by atoms with Crippen LogP contribution in [0.4, 0.5) is 5.69 Å². The Morgan fingerprint density at radius 2 is 1.74 bits per heavy atom. The molecule has 3 heterocycles. The second-order valence-electron chi connectivity index (χ2n) is 10.4. The minimum atomic E-state index is -0.816. The van der Waals surface area contributed by atoms with E-state index in [4.69, 9.17) is 9.47 Å². The van der Waals surface area contributed by atoms with Crippen molar-refractivity contribution >= 4 is 34.5 Å². The number of hydrogen-bond acceptors (Lipinski definition) is 7. The van der Waals surface area contributed by atoms with E-state index in [0.29, 0.717) is 39.5 Å². The van der Waals surface area contributed by atoms with E-state index < -0.39 is 17.6 Å². The van der Waals surface area contributed by atoms with Gasteiger partial charge in [0.15, 0.2) is 4.80 Å². The van der Waals surface area contributed by atoms with Crippen molar-refractivity contribution in [1.82, 2.24) is 4.57 Å². The average Bonchev–Trinajstić information content (AvgIpc) is 3.44. The predicted octanol–water partition coefficient (Wildman–Crippen LogP) is 4.11. The van der Waals surface area contributed by atoms with Crippen molar-refractivity contribution in [2.75, 3.05) is 12.0 Å². The van der Waals surface area contributed by atoms with E-state index in [1.807, 2.05) is 66.7 Å². The van der Waals surface area contributed by atoms with Crippen LogP contribution in [-0.4, -0.2) is 29.7 Å². The molecule has 9 heteroatoms. The van der Waals surface area contributed by atoms with E-state index in [-0.39, 0.29) is 22.1 Å². The van der Waals surface area contributed by atoms with Crippen molar-refractivity contribution in [3.8, 4) is 5.75 Å². The number of anilines is 1. The molecule has 1 atom stereocenters. The first-order valence-electron chi connectivity index (χ1n) is 13.6. The van der Waals surface area contributed by atoms with Crippen LogP contribution in [0, 0.1) is 0 Å². The number of fused-ring (bicyclic) bond motifs is 2. The summed E-state index contributed by atoms with van der Waals surface area (Å²) in [4.78, 5) is 48.6. The molecule has 0 aliphatic carbocycles. The molecule has 6 rings (SSSR count). The van der Waals surface area contributed by atoms with Crippen molar-refractivity contribution in [2.45, 2.75) is 39.5 Å². The number of benzene rings is 3. The molecule has 212 valence electrons. The van der Waals surface area contributed by atoms with Gasteiger partial charge in [0.2, 0.25) is 0 Å². The largest absolute Gasteiger partial charge is 0.497 e. The molecule has 8 nitrogen and oxygen atoms in total. The zero-order chi connectivity index (χ0) is 29.5. The number of allylic oxidation sites excluding steroid dienone is 1. The number of esters is 1. The Labute approximate surface area is 246 Å². The van der Waals surface area contributed by atoms with Crippen molar-refractivity contribution in [1.29, 1.82) is 0 Å². The van der Waals surface area contributed by atoms with Crippen molar-refractivity contribution in [3.05, 3.63) is 127 Å². The van der Waals surface area contributed by atoms with Gasteiger partial charge in [0, 0.05) is 5.56 Å². The van der Waals surface area contributed by atoms with Crippen LogP contribution in [-0.2, 0) is 20.9 Å². The number of hydrogen-bond donors (Lipinski definition) is 0. The van der Waals surface area contributed by atoms with Gasteiger partial charge in [-0.3, -0.25) is 14.2 Å². The SMILES string of the molecule is COc1cccc([C@@H]2C(C(=O)OC(C)C)=C(C)N=c3s/c(=C4/C(=O)N(Cc5ccccc5)c5ccccc54)c(=O)n32)c1. The molecule has 0 N–H and O–H groups in total. The van der Waals surface area contributed by atoms with Gasteiger partial charge in [-0.1, -0.05) is 72.0 Å². The summed E-state index contributed by atoms with van der Waals surface area (Å²) in [6.07, 6.45) is -0.362. The molecule has 0 unspecified atom stereocenters. The number of carbonyl (C=O) groups excluding carboxylic acids is 2. The van der Waals surface area contributed by atoms with Gasteiger partial charge in [-0.15, -0.1) is 0 Å². The van der Waals surface area contributed by atoms with Crippen LogP contribution in [0.25, 0.3) is 5.57 Å². The molecule has 0 radical (unpaired) electrons. The number of ether oxygens (including phenoxy) is 2. The zero-order valence-electron chi connectivity index (χ0n) is 23.7. The first-order valence-corrected chi connectivity index (χ1v) is 14.5. The summed E-state index contributed by atoms with van der Waals surface area (Å²) in [6, 6.07) is 23.7. The molecule has 1 amide bonds. The number of rotatable bonds is 6. The molecule has 2 aliphatic heterocycles. The van der Waals surface area contributed by atoms with Crippen LogP contribution in [0.1, 0.15) is 43.5 Å². The van der Waals surface area contributed by atoms with Gasteiger partial charge in [-0.25, -0.2) is 9.79 Å². The van der Waals surface area contributed by atoms with Crippen LogP contribution in [0.2, 0.25) is 0 Å². The maximum Gasteiger partial charge on any atom is 0.338 e. The van der Waals surface area contributed by atoms with Gasteiger partial charge >= 0.3 is 5.97 Å². The predicted molar refractivity (Wildman–Crippen MR) is 161 cm³/mol. The van der Waals surface area contributed by atoms with Crippen LogP contribution < -0.4 is 24.5 Å². The fourth-order valence-corrected chi connectivity index (χ4v) is 6.60. The molecule has 42 heavy (non-hydrogen) atoms. The smallest absolute Gasteiger partial charge is 0.338 e. The summed E-state index contributed by atoms with van der Waals surface area (Å²) in [6.45, 7) is 5.66. The zero-order valence-corrected chi connectivity index (χ0v) is 24.5. The highest BCUT2D eigenvalue weighted by molar-refractivity contribution is 7.07. The quantitative estimate of drug-likeness (QED) is 0.321. The lowest BCUT2D eigenvalue weighted by Crippen LogP contribution is -2.41. The Kier molecular flexibility index (Phi) is 7.12. The summed E-state index contributed by atoms with van der Waals surface area (Å²) in [5.41, 5.74) is 3.74. The Balaban J connectivity index is 1.58. The van der Waals surface area contributed by atoms with Crippen molar-refractivity contribution in [3.63, 3.8) is 0 Å². The topological polar surface area (TPSA) is 90.2 Å². The lowest BCUT2D eigenvalue weighted by atomic mass is 9.95. The van der Waals surface area contributed by atoms with Crippen LogP contribution >= 0.6 is 11.3 Å². The van der Waals surface area contributed by atoms with Gasteiger partial charge in [0.05, 0.1) is 48.3 Å². The third kappa shape index (κ3) is 4.65. The molecule has 0 saturated heterocycles. The van der Waals surface area contributed by atoms with Gasteiger partial charge < -0.3 is 14.4 Å². The molecule has 0 fully saturated rings. The second-order valence-corrected chi connectivity index (χ2v) is 11.4. The van der Waals surface area contributed by atoms with Gasteiger partial charge in [0.25, 0.3) is 11.5 Å². The van der Waals surface area contributed by atoms with Gasteiger partial charge in [0.1, 0.15) is 10.3 Å². The van der Waals surface area contributed by atoms with Crippen molar-refractivity contribution in [2.24, 2.45) is 4.99 Å². The molecule has 0 spiro atoms. The normalized spacial score (nSPS) is 17.2. The highest BCUT2D eigenvalue weighted by Crippen LogP contribution is 2.37. The third-order valence-corrected chi connectivity index (χ3v) is 8.36. The molecular formula is C33H29N3O5S. The monoisotopic (exact) mass is 579 g/mol. The van der Waals surface area contributed by atoms with Gasteiger partial charge in [-0.05, 0) is 50.1 Å². The lowest BCUT2D eigenvalue weighted by Gasteiger charge is -2.25. The maximum atomic E-state index is 14.4. The number of carbonyl (C=O) groups is 2. The number of nitrogens with zero attached hydrogens (tertiary/aromatic N) is 3. The maximum absolute atomic E-state index is 14.4. The Hall–Kier alpha value is -4.76. The summed E-state index contributed by atoms with van der Waals surface area (Å²) in [7, 11) is 1.56. The summed E-state index contributed by atoms with van der Waals surface area (Å²) in [5, 5.41) is 0. The van der Waals surface area contributed by atoms with E-state index >= 15 is 0 Å². The van der Waals surface area contributed by atoms with E-state index in [0.717, 1.165) is 22.6 Å². The number of thiazole rings is 1. The first kappa shape index (κ1) is 27.4. The molecule has 2 aliphatic rings. The number of para-hydroxylation sites is 1. The molecule has 0 bridgehead atoms. The first-order chi connectivity index (χ1) is 20.3. The molecule has 0 saturated carbocycles. The van der Waals surface area contributed by atoms with Crippen LogP contribution in [0.15, 0.2) is 99.9 Å². The standard InChI is InChI=1S/C33H29N3O5S/c1-19(2)41-32(39)26-20(3)34-33-36(28(26)22-13-10-14-23(17-22)40-4)31(38)29(42-33)27-24-15-8-9-16-25(24)35(30(27)37)18-21-11-6-5-7-12-21/h5-17,19,28H,18H2,1-4H3/b29-27+/t28-/m1/s1. The average molecular weight is 580 g/mol. The fourth-order valence-electron chi connectivity index (χ4n) is 5.46. The molecule has 1 aromatic heterocycles. The molecule has 4 aromatic rings. The van der Waals surface area contributed by atoms with Crippen LogP contribution in [0.5, 0.6) is 5.75 Å². The minimum absolute atomic E-state index is 0.251. The Bertz CT molecular complexity index is 1940. The summed E-state index contributed by atoms with van der Waals surface area (Å²) < 4.78 is 12.8. The summed E-state index contributed by atoms with van der Waals surface area (Å²) >= 11 is 1.16. The number of amides is 1. The lowest BCUT2D eigenvalue weighted by molar-refractivity contribution is -0.143. The minimum Gasteiger partial charge on any atom is -0.497 e. The highest BCUT2D eigenvalue weighted by atomic mass is 32.1. The van der Waals surface area contributed by atoms with Crippen LogP contribution in [0.3, 0.4) is 0 Å². The van der Waals surface area contributed by atoms with E-state index in [1.54, 1.807) is 44.9 Å².